The summed E-state index contributed by atoms with van der Waals surface area (Å²) in [7, 11) is 0. The molecule has 0 radical (unpaired) electrons. The van der Waals surface area contributed by atoms with Gasteiger partial charge in [-0.15, -0.1) is 0 Å². The molecule has 20 heavy (non-hydrogen) atoms. The van der Waals surface area contributed by atoms with E-state index in [4.69, 9.17) is 9.15 Å². The van der Waals surface area contributed by atoms with Gasteiger partial charge in [-0.25, -0.2) is 4.79 Å². The van der Waals surface area contributed by atoms with Gasteiger partial charge in [0.2, 0.25) is 0 Å². The number of oxazole rings is 1. The SMILES string of the molecule is CCOC(=O)C1CCCCN1c1nc2ccccc2o1. The zero-order chi connectivity index (χ0) is 13.9. The molecule has 1 saturated heterocycles. The molecule has 0 saturated carbocycles. The van der Waals surface area contributed by atoms with Crippen LogP contribution in [0.5, 0.6) is 0 Å². The van der Waals surface area contributed by atoms with E-state index in [2.05, 4.69) is 4.98 Å². The van der Waals surface area contributed by atoms with Crippen LogP contribution in [-0.2, 0) is 9.53 Å². The van der Waals surface area contributed by atoms with Crippen LogP contribution in [-0.4, -0.2) is 30.1 Å². The maximum Gasteiger partial charge on any atom is 0.328 e. The number of rotatable bonds is 3. The number of benzene rings is 1. The number of aromatic nitrogens is 1. The van der Waals surface area contributed by atoms with Crippen molar-refractivity contribution >= 4 is 23.1 Å². The number of hydrogen-bond donors (Lipinski definition) is 0. The van der Waals surface area contributed by atoms with Gasteiger partial charge in [0.05, 0.1) is 6.61 Å². The summed E-state index contributed by atoms with van der Waals surface area (Å²) < 4.78 is 10.9. The van der Waals surface area contributed by atoms with Crippen molar-refractivity contribution in [3.8, 4) is 0 Å². The van der Waals surface area contributed by atoms with E-state index < -0.39 is 0 Å². The lowest BCUT2D eigenvalue weighted by atomic mass is 10.0. The first-order valence-corrected chi connectivity index (χ1v) is 7.08. The van der Waals surface area contributed by atoms with Crippen molar-refractivity contribution < 1.29 is 13.9 Å². The van der Waals surface area contributed by atoms with E-state index in [1.54, 1.807) is 0 Å². The van der Waals surface area contributed by atoms with E-state index in [0.717, 1.165) is 36.9 Å². The highest BCUT2D eigenvalue weighted by Gasteiger charge is 2.32. The van der Waals surface area contributed by atoms with Crippen LogP contribution in [0.3, 0.4) is 0 Å². The van der Waals surface area contributed by atoms with Crippen LogP contribution < -0.4 is 4.90 Å². The van der Waals surface area contributed by atoms with Crippen LogP contribution in [0.25, 0.3) is 11.1 Å². The van der Waals surface area contributed by atoms with Gasteiger partial charge in [-0.1, -0.05) is 12.1 Å². The molecule has 1 aliphatic rings. The van der Waals surface area contributed by atoms with Gasteiger partial charge < -0.3 is 14.1 Å². The Hall–Kier alpha value is -2.04. The van der Waals surface area contributed by atoms with E-state index in [9.17, 15) is 4.79 Å². The van der Waals surface area contributed by atoms with Crippen molar-refractivity contribution in [1.29, 1.82) is 0 Å². The third-order valence-corrected chi connectivity index (χ3v) is 3.59. The van der Waals surface area contributed by atoms with Crippen molar-refractivity contribution in [3.05, 3.63) is 24.3 Å². The summed E-state index contributed by atoms with van der Waals surface area (Å²) in [5.74, 6) is -0.186. The van der Waals surface area contributed by atoms with Gasteiger partial charge >= 0.3 is 5.97 Å². The van der Waals surface area contributed by atoms with E-state index in [1.807, 2.05) is 36.1 Å². The van der Waals surface area contributed by atoms with Gasteiger partial charge in [0.25, 0.3) is 6.01 Å². The lowest BCUT2D eigenvalue weighted by molar-refractivity contribution is -0.145. The minimum absolute atomic E-state index is 0.186. The summed E-state index contributed by atoms with van der Waals surface area (Å²) in [5.41, 5.74) is 1.56. The number of esters is 1. The molecule has 1 fully saturated rings. The fraction of sp³-hybridized carbons (Fsp3) is 0.467. The molecule has 0 N–H and O–H groups in total. The summed E-state index contributed by atoms with van der Waals surface area (Å²) in [6, 6.07) is 7.87. The third kappa shape index (κ3) is 2.35. The quantitative estimate of drug-likeness (QED) is 0.805. The molecule has 2 heterocycles. The second-order valence-corrected chi connectivity index (χ2v) is 4.92. The van der Waals surface area contributed by atoms with Crippen LogP contribution in [0.1, 0.15) is 26.2 Å². The average Bonchev–Trinajstić information content (AvgIpc) is 2.91. The van der Waals surface area contributed by atoms with Crippen LogP contribution in [0.15, 0.2) is 28.7 Å². The number of carbonyl (C=O) groups is 1. The lowest BCUT2D eigenvalue weighted by Crippen LogP contribution is -2.45. The molecule has 0 bridgehead atoms. The fourth-order valence-corrected chi connectivity index (χ4v) is 2.63. The Labute approximate surface area is 117 Å². The second kappa shape index (κ2) is 5.53. The molecule has 0 aliphatic carbocycles. The first-order chi connectivity index (χ1) is 9.79. The van der Waals surface area contributed by atoms with E-state index >= 15 is 0 Å². The number of carbonyl (C=O) groups excluding carboxylic acids is 1. The number of ether oxygens (including phenoxy) is 1. The molecular formula is C15H18N2O3. The molecular weight excluding hydrogens is 256 g/mol. The number of fused-ring (bicyclic) bond motifs is 1. The molecule has 1 aromatic heterocycles. The van der Waals surface area contributed by atoms with Crippen LogP contribution >= 0.6 is 0 Å². The largest absolute Gasteiger partial charge is 0.464 e. The highest BCUT2D eigenvalue weighted by molar-refractivity contribution is 5.81. The zero-order valence-corrected chi connectivity index (χ0v) is 11.5. The van der Waals surface area contributed by atoms with Crippen LogP contribution in [0, 0.1) is 0 Å². The molecule has 1 unspecified atom stereocenters. The second-order valence-electron chi connectivity index (χ2n) is 4.92. The van der Waals surface area contributed by atoms with Gasteiger partial charge in [-0.2, -0.15) is 4.98 Å². The van der Waals surface area contributed by atoms with Crippen molar-refractivity contribution in [2.45, 2.75) is 32.2 Å². The Balaban J connectivity index is 1.90. The molecule has 0 amide bonds. The Morgan fingerprint density at radius 1 is 1.45 bits per heavy atom. The number of para-hydroxylation sites is 2. The third-order valence-electron chi connectivity index (χ3n) is 3.59. The van der Waals surface area contributed by atoms with Crippen molar-refractivity contribution in [3.63, 3.8) is 0 Å². The van der Waals surface area contributed by atoms with Crippen molar-refractivity contribution in [1.82, 2.24) is 4.98 Å². The number of hydrogen-bond acceptors (Lipinski definition) is 5. The maximum atomic E-state index is 12.1. The zero-order valence-electron chi connectivity index (χ0n) is 11.5. The fourth-order valence-electron chi connectivity index (χ4n) is 2.63. The van der Waals surface area contributed by atoms with Crippen LogP contribution in [0.2, 0.25) is 0 Å². The van der Waals surface area contributed by atoms with E-state index in [1.165, 1.54) is 0 Å². The van der Waals surface area contributed by atoms with Gasteiger partial charge in [0.1, 0.15) is 11.6 Å². The minimum Gasteiger partial charge on any atom is -0.464 e. The first kappa shape index (κ1) is 13.0. The molecule has 1 aromatic carbocycles. The smallest absolute Gasteiger partial charge is 0.328 e. The number of piperidine rings is 1. The monoisotopic (exact) mass is 274 g/mol. The van der Waals surface area contributed by atoms with E-state index in [-0.39, 0.29) is 12.0 Å². The topological polar surface area (TPSA) is 55.6 Å². The van der Waals surface area contributed by atoms with Gasteiger partial charge in [0.15, 0.2) is 5.58 Å². The van der Waals surface area contributed by atoms with Crippen molar-refractivity contribution in [2.75, 3.05) is 18.1 Å². The van der Waals surface area contributed by atoms with Gasteiger partial charge in [-0.05, 0) is 38.3 Å². The highest BCUT2D eigenvalue weighted by Crippen LogP contribution is 2.28. The minimum atomic E-state index is -0.281. The molecule has 1 aliphatic heterocycles. The van der Waals surface area contributed by atoms with E-state index in [0.29, 0.717) is 12.6 Å². The summed E-state index contributed by atoms with van der Waals surface area (Å²) in [6.07, 6.45) is 2.85. The predicted molar refractivity (Wildman–Crippen MR) is 75.6 cm³/mol. The maximum absolute atomic E-state index is 12.1. The molecule has 5 heteroatoms. The lowest BCUT2D eigenvalue weighted by Gasteiger charge is -2.32. The number of anilines is 1. The average molecular weight is 274 g/mol. The molecule has 2 aromatic rings. The normalized spacial score (nSPS) is 19.2. The Bertz CT molecular complexity index is 575. The Morgan fingerprint density at radius 2 is 2.30 bits per heavy atom. The van der Waals surface area contributed by atoms with Gasteiger partial charge in [0, 0.05) is 6.54 Å². The molecule has 0 spiro atoms. The number of nitrogens with zero attached hydrogens (tertiary/aromatic N) is 2. The standard InChI is InChI=1S/C15H18N2O3/c1-2-19-14(18)12-8-5-6-10-17(12)15-16-11-7-3-4-9-13(11)20-15/h3-4,7,9,12H,2,5-6,8,10H2,1H3. The predicted octanol–water partition coefficient (Wildman–Crippen LogP) is 2.75. The molecule has 3 rings (SSSR count). The molecule has 106 valence electrons. The molecule has 5 nitrogen and oxygen atoms in total. The Morgan fingerprint density at radius 3 is 3.10 bits per heavy atom. The van der Waals surface area contributed by atoms with Crippen molar-refractivity contribution in [2.24, 2.45) is 0 Å². The first-order valence-electron chi connectivity index (χ1n) is 7.08. The molecule has 1 atom stereocenters. The summed E-state index contributed by atoms with van der Waals surface area (Å²) >= 11 is 0. The summed E-state index contributed by atoms with van der Waals surface area (Å²) in [6.45, 7) is 3.00. The summed E-state index contributed by atoms with van der Waals surface area (Å²) in [5, 5.41) is 0. The summed E-state index contributed by atoms with van der Waals surface area (Å²) in [4.78, 5) is 18.5. The van der Waals surface area contributed by atoms with Crippen LogP contribution in [0.4, 0.5) is 6.01 Å². The Kier molecular flexibility index (Phi) is 3.58. The highest BCUT2D eigenvalue weighted by atomic mass is 16.5. The van der Waals surface area contributed by atoms with Gasteiger partial charge in [-0.3, -0.25) is 0 Å².